The Morgan fingerprint density at radius 3 is 2.47 bits per heavy atom. The van der Waals surface area contributed by atoms with E-state index in [9.17, 15) is 13.2 Å². The maximum absolute atomic E-state index is 11.7. The van der Waals surface area contributed by atoms with E-state index in [1.807, 2.05) is 0 Å². The predicted molar refractivity (Wildman–Crippen MR) is 60.4 cm³/mol. The first-order valence-corrected chi connectivity index (χ1v) is 6.85. The van der Waals surface area contributed by atoms with Crippen molar-refractivity contribution in [1.29, 1.82) is 0 Å². The van der Waals surface area contributed by atoms with Gasteiger partial charge in [0, 0.05) is 12.5 Å². The van der Waals surface area contributed by atoms with E-state index in [1.54, 1.807) is 20.8 Å². The lowest BCUT2D eigenvalue weighted by Crippen LogP contribution is -2.17. The number of rotatable bonds is 3. The molecule has 1 aromatic rings. The van der Waals surface area contributed by atoms with Crippen LogP contribution in [0.25, 0.3) is 0 Å². The number of hydrogen-bond acceptors (Lipinski definition) is 6. The number of sulfone groups is 1. The highest BCUT2D eigenvalue weighted by Gasteiger charge is 2.23. The predicted octanol–water partition coefficient (Wildman–Crippen LogP) is 0.754. The topological polar surface area (TPSA) is 86.2 Å². The summed E-state index contributed by atoms with van der Waals surface area (Å²) in [6.07, 6.45) is 1.82. The van der Waals surface area contributed by atoms with Gasteiger partial charge in [-0.05, 0) is 20.8 Å². The number of nitrogens with zero attached hydrogens (tertiary/aromatic N) is 2. The fourth-order valence-corrected chi connectivity index (χ4v) is 1.98. The standard InChI is InChI=1S/C10H14N2O4S/c1-6(2)16-10(13)8-5-11-7(3)12-9(8)17(4,14)15/h5-6H,1-4H3. The SMILES string of the molecule is Cc1ncc(C(=O)OC(C)C)c(S(C)(=O)=O)n1. The molecule has 0 amide bonds. The van der Waals surface area contributed by atoms with E-state index in [-0.39, 0.29) is 22.5 Å². The molecule has 0 spiro atoms. The minimum atomic E-state index is -3.59. The molecule has 0 saturated carbocycles. The summed E-state index contributed by atoms with van der Waals surface area (Å²) < 4.78 is 27.9. The van der Waals surface area contributed by atoms with E-state index in [2.05, 4.69) is 9.97 Å². The Hall–Kier alpha value is -1.50. The third kappa shape index (κ3) is 3.48. The lowest BCUT2D eigenvalue weighted by molar-refractivity contribution is 0.0371. The van der Waals surface area contributed by atoms with Crippen LogP contribution in [0.3, 0.4) is 0 Å². The van der Waals surface area contributed by atoms with Crippen LogP contribution in [0.4, 0.5) is 0 Å². The van der Waals surface area contributed by atoms with Gasteiger partial charge in [0.25, 0.3) is 0 Å². The van der Waals surface area contributed by atoms with Gasteiger partial charge in [-0.15, -0.1) is 0 Å². The molecule has 0 aliphatic rings. The largest absolute Gasteiger partial charge is 0.459 e. The van der Waals surface area contributed by atoms with Crippen LogP contribution in [0.5, 0.6) is 0 Å². The second-order valence-corrected chi connectivity index (χ2v) is 5.79. The van der Waals surface area contributed by atoms with Gasteiger partial charge in [-0.2, -0.15) is 0 Å². The number of carbonyl (C=O) groups is 1. The van der Waals surface area contributed by atoms with Gasteiger partial charge in [0.05, 0.1) is 6.10 Å². The van der Waals surface area contributed by atoms with E-state index in [0.29, 0.717) is 0 Å². The number of esters is 1. The molecule has 1 rings (SSSR count). The summed E-state index contributed by atoms with van der Waals surface area (Å²) in [5, 5.41) is -0.296. The molecule has 7 heteroatoms. The van der Waals surface area contributed by atoms with Gasteiger partial charge >= 0.3 is 5.97 Å². The van der Waals surface area contributed by atoms with Gasteiger partial charge in [0.15, 0.2) is 14.9 Å². The molecule has 94 valence electrons. The van der Waals surface area contributed by atoms with E-state index >= 15 is 0 Å². The average molecular weight is 258 g/mol. The molecular weight excluding hydrogens is 244 g/mol. The van der Waals surface area contributed by atoms with E-state index in [4.69, 9.17) is 4.74 Å². The minimum Gasteiger partial charge on any atom is -0.459 e. The maximum atomic E-state index is 11.7. The first kappa shape index (κ1) is 13.6. The van der Waals surface area contributed by atoms with Crippen molar-refractivity contribution in [3.63, 3.8) is 0 Å². The summed E-state index contributed by atoms with van der Waals surface area (Å²) in [5.74, 6) is -0.452. The highest BCUT2D eigenvalue weighted by molar-refractivity contribution is 7.90. The number of aromatic nitrogens is 2. The molecule has 0 atom stereocenters. The summed E-state index contributed by atoms with van der Waals surface area (Å²) in [4.78, 5) is 19.2. The molecule has 0 radical (unpaired) electrons. The smallest absolute Gasteiger partial charge is 0.342 e. The number of hydrogen-bond donors (Lipinski definition) is 0. The van der Waals surface area contributed by atoms with Gasteiger partial charge in [0.2, 0.25) is 0 Å². The molecule has 1 aromatic heterocycles. The van der Waals surface area contributed by atoms with Gasteiger partial charge in [-0.3, -0.25) is 0 Å². The van der Waals surface area contributed by atoms with Gasteiger partial charge in [0.1, 0.15) is 11.4 Å². The average Bonchev–Trinajstić information content (AvgIpc) is 2.14. The van der Waals surface area contributed by atoms with Crippen LogP contribution in [0, 0.1) is 6.92 Å². The molecule has 0 aliphatic heterocycles. The van der Waals surface area contributed by atoms with E-state index in [1.165, 1.54) is 6.20 Å². The van der Waals surface area contributed by atoms with Crippen molar-refractivity contribution in [3.8, 4) is 0 Å². The molecule has 0 fully saturated rings. The second kappa shape index (κ2) is 4.79. The summed E-state index contributed by atoms with van der Waals surface area (Å²) in [6, 6.07) is 0. The normalized spacial score (nSPS) is 11.6. The molecule has 0 saturated heterocycles. The zero-order valence-corrected chi connectivity index (χ0v) is 10.9. The molecule has 0 aromatic carbocycles. The fourth-order valence-electron chi connectivity index (χ4n) is 1.15. The molecular formula is C10H14N2O4S. The molecule has 0 N–H and O–H groups in total. The monoisotopic (exact) mass is 258 g/mol. The first-order chi connectivity index (χ1) is 7.71. The Morgan fingerprint density at radius 2 is 2.00 bits per heavy atom. The van der Waals surface area contributed by atoms with Crippen molar-refractivity contribution in [2.45, 2.75) is 31.9 Å². The molecule has 1 heterocycles. The van der Waals surface area contributed by atoms with Crippen molar-refractivity contribution in [3.05, 3.63) is 17.6 Å². The fraction of sp³-hybridized carbons (Fsp3) is 0.500. The van der Waals surface area contributed by atoms with Crippen LogP contribution in [0.1, 0.15) is 30.0 Å². The van der Waals surface area contributed by atoms with Crippen LogP contribution in [0.15, 0.2) is 11.2 Å². The van der Waals surface area contributed by atoms with Gasteiger partial charge in [-0.25, -0.2) is 23.2 Å². The van der Waals surface area contributed by atoms with Gasteiger partial charge < -0.3 is 4.74 Å². The Kier molecular flexibility index (Phi) is 3.82. The Morgan fingerprint density at radius 1 is 1.41 bits per heavy atom. The van der Waals surface area contributed by atoms with Crippen LogP contribution < -0.4 is 0 Å². The lowest BCUT2D eigenvalue weighted by Gasteiger charge is -2.10. The molecule has 0 unspecified atom stereocenters. The number of aryl methyl sites for hydroxylation is 1. The third-order valence-corrected chi connectivity index (χ3v) is 2.80. The first-order valence-electron chi connectivity index (χ1n) is 4.96. The second-order valence-electron chi connectivity index (χ2n) is 3.86. The molecule has 6 nitrogen and oxygen atoms in total. The Bertz CT molecular complexity index is 537. The maximum Gasteiger partial charge on any atom is 0.342 e. The summed E-state index contributed by atoms with van der Waals surface area (Å²) in [5.41, 5.74) is -0.133. The zero-order valence-electron chi connectivity index (χ0n) is 10.1. The van der Waals surface area contributed by atoms with Crippen molar-refractivity contribution >= 4 is 15.8 Å². The summed E-state index contributed by atoms with van der Waals surface area (Å²) in [6.45, 7) is 4.90. The van der Waals surface area contributed by atoms with E-state index in [0.717, 1.165) is 6.26 Å². The van der Waals surface area contributed by atoms with Crippen molar-refractivity contribution < 1.29 is 17.9 Å². The van der Waals surface area contributed by atoms with Gasteiger partial charge in [-0.1, -0.05) is 0 Å². The van der Waals surface area contributed by atoms with E-state index < -0.39 is 15.8 Å². The summed E-state index contributed by atoms with van der Waals surface area (Å²) >= 11 is 0. The van der Waals surface area contributed by atoms with Crippen LogP contribution in [-0.2, 0) is 14.6 Å². The van der Waals surface area contributed by atoms with Crippen molar-refractivity contribution in [1.82, 2.24) is 9.97 Å². The highest BCUT2D eigenvalue weighted by Crippen LogP contribution is 2.14. The summed E-state index contributed by atoms with van der Waals surface area (Å²) in [7, 11) is -3.59. The minimum absolute atomic E-state index is 0.133. The Balaban J connectivity index is 3.30. The van der Waals surface area contributed by atoms with Crippen molar-refractivity contribution in [2.75, 3.05) is 6.26 Å². The van der Waals surface area contributed by atoms with Crippen LogP contribution >= 0.6 is 0 Å². The lowest BCUT2D eigenvalue weighted by atomic mass is 10.3. The zero-order chi connectivity index (χ0) is 13.2. The third-order valence-electron chi connectivity index (χ3n) is 1.79. The number of ether oxygens (including phenoxy) is 1. The van der Waals surface area contributed by atoms with Crippen LogP contribution in [0.2, 0.25) is 0 Å². The Labute approximate surface area is 100.0 Å². The van der Waals surface area contributed by atoms with Crippen molar-refractivity contribution in [2.24, 2.45) is 0 Å². The molecule has 17 heavy (non-hydrogen) atoms. The highest BCUT2D eigenvalue weighted by atomic mass is 32.2. The van der Waals surface area contributed by atoms with Crippen LogP contribution in [-0.4, -0.2) is 36.7 Å². The molecule has 0 bridgehead atoms. The molecule has 0 aliphatic carbocycles. The number of carbonyl (C=O) groups excluding carboxylic acids is 1. The quantitative estimate of drug-likeness (QED) is 0.587.